The number of carboxylic acids is 1. The number of hydrogen-bond acceptors (Lipinski definition) is 9. The third-order valence-corrected chi connectivity index (χ3v) is 5.02. The first-order chi connectivity index (χ1) is 13.6. The Morgan fingerprint density at radius 2 is 1.86 bits per heavy atom. The first kappa shape index (κ1) is 23.2. The lowest BCUT2D eigenvalue weighted by molar-refractivity contribution is -0.380. The van der Waals surface area contributed by atoms with E-state index in [1.807, 2.05) is 0 Å². The number of carboxylic acid groups (broad SMARTS) is 1. The Labute approximate surface area is 166 Å². The lowest BCUT2D eigenvalue weighted by Crippen LogP contribution is -2.78. The van der Waals surface area contributed by atoms with E-state index in [0.717, 1.165) is 14.0 Å². The van der Waals surface area contributed by atoms with Gasteiger partial charge in [-0.3, -0.25) is 4.79 Å². The zero-order valence-corrected chi connectivity index (χ0v) is 15.8. The fourth-order valence-corrected chi connectivity index (χ4v) is 3.63. The number of methoxy groups -OCH3 is 1. The minimum absolute atomic E-state index is 0.0194. The van der Waals surface area contributed by atoms with Gasteiger partial charge in [-0.25, -0.2) is 4.79 Å². The van der Waals surface area contributed by atoms with Gasteiger partial charge in [-0.2, -0.15) is 0 Å². The number of amides is 1. The second-order valence-corrected chi connectivity index (χ2v) is 6.75. The smallest absolute Gasteiger partial charge is 0.368 e. The van der Waals surface area contributed by atoms with Crippen LogP contribution in [-0.2, 0) is 24.7 Å². The first-order valence-corrected chi connectivity index (χ1v) is 8.73. The fourth-order valence-electron chi connectivity index (χ4n) is 3.63. The maximum absolute atomic E-state index is 12.1. The summed E-state index contributed by atoms with van der Waals surface area (Å²) in [6.45, 7) is 0.178. The van der Waals surface area contributed by atoms with Gasteiger partial charge in [0, 0.05) is 14.0 Å². The normalized spacial score (nSPS) is 34.2. The molecule has 1 saturated heterocycles. The Morgan fingerprint density at radius 3 is 2.31 bits per heavy atom. The van der Waals surface area contributed by atoms with Crippen molar-refractivity contribution in [3.63, 3.8) is 0 Å². The second-order valence-electron chi connectivity index (χ2n) is 6.75. The molecule has 1 aromatic carbocycles. The number of carbonyl (C=O) groups is 2. The molecule has 7 atom stereocenters. The average Bonchev–Trinajstić information content (AvgIpc) is 2.70. The van der Waals surface area contributed by atoms with Gasteiger partial charge in [-0.15, -0.1) is 0 Å². The van der Waals surface area contributed by atoms with Crippen molar-refractivity contribution in [1.29, 1.82) is 0 Å². The zero-order valence-electron chi connectivity index (χ0n) is 15.8. The highest BCUT2D eigenvalue weighted by molar-refractivity contribution is 5.79. The molecule has 1 heterocycles. The van der Waals surface area contributed by atoms with Gasteiger partial charge < -0.3 is 45.4 Å². The molecule has 0 aliphatic carbocycles. The minimum Gasteiger partial charge on any atom is -0.477 e. The number of aliphatic carboxylic acids is 1. The Balaban J connectivity index is 2.71. The molecule has 1 aromatic rings. The number of aliphatic hydroxyl groups is 5. The lowest BCUT2D eigenvalue weighted by atomic mass is 9.72. The van der Waals surface area contributed by atoms with E-state index in [2.05, 4.69) is 5.32 Å². The van der Waals surface area contributed by atoms with Gasteiger partial charge >= 0.3 is 11.8 Å². The number of ether oxygens (including phenoxy) is 2. The molecule has 1 amide bonds. The summed E-state index contributed by atoms with van der Waals surface area (Å²) in [7, 11) is 1.04. The summed E-state index contributed by atoms with van der Waals surface area (Å²) in [4.78, 5) is 23.8. The van der Waals surface area contributed by atoms with Crippen LogP contribution in [0.2, 0.25) is 0 Å². The predicted octanol–water partition coefficient (Wildman–Crippen LogP) is -2.72. The van der Waals surface area contributed by atoms with Crippen molar-refractivity contribution in [1.82, 2.24) is 5.32 Å². The molecule has 162 valence electrons. The van der Waals surface area contributed by atoms with Crippen molar-refractivity contribution < 1.29 is 49.7 Å². The third kappa shape index (κ3) is 3.73. The standard InChI is InChI=1S/C18H25NO10/c1-9(21)19-12-14(13(23)11(22)8-20)29-18(27,16(25)26)17(28-2,15(12)24)10-6-4-3-5-7-10/h3-7,11-15,20,22-24,27H,8H2,1-2H3,(H,19,21)(H,25,26)/t11-,12+,13-,14-,15-,17?,18+/m1/s1. The first-order valence-electron chi connectivity index (χ1n) is 8.73. The van der Waals surface area contributed by atoms with E-state index in [1.54, 1.807) is 6.07 Å². The lowest BCUT2D eigenvalue weighted by Gasteiger charge is -2.55. The van der Waals surface area contributed by atoms with E-state index < -0.39 is 60.3 Å². The SMILES string of the molecule is COC1(c2ccccc2)[C@H](O)[C@@H](NC(C)=O)[C@H]([C@H](O)[C@H](O)CO)O[C@@]1(O)C(=O)O. The Morgan fingerprint density at radius 1 is 1.28 bits per heavy atom. The molecule has 0 spiro atoms. The maximum Gasteiger partial charge on any atom is 0.368 e. The fraction of sp³-hybridized carbons (Fsp3) is 0.556. The number of rotatable bonds is 7. The van der Waals surface area contributed by atoms with Gasteiger partial charge in [0.2, 0.25) is 5.91 Å². The van der Waals surface area contributed by atoms with Gasteiger partial charge in [-0.05, 0) is 5.56 Å². The summed E-state index contributed by atoms with van der Waals surface area (Å²) < 4.78 is 10.6. The summed E-state index contributed by atoms with van der Waals surface area (Å²) in [5, 5.41) is 63.5. The molecule has 0 bridgehead atoms. The van der Waals surface area contributed by atoms with Crippen LogP contribution >= 0.6 is 0 Å². The summed E-state index contributed by atoms with van der Waals surface area (Å²) in [5.41, 5.74) is -2.40. The van der Waals surface area contributed by atoms with E-state index >= 15 is 0 Å². The van der Waals surface area contributed by atoms with Crippen LogP contribution < -0.4 is 5.32 Å². The number of hydrogen-bond donors (Lipinski definition) is 7. The molecule has 11 heteroatoms. The van der Waals surface area contributed by atoms with Crippen molar-refractivity contribution in [3.8, 4) is 0 Å². The van der Waals surface area contributed by atoms with Crippen molar-refractivity contribution in [2.45, 2.75) is 48.8 Å². The number of nitrogens with one attached hydrogen (secondary N) is 1. The molecule has 0 radical (unpaired) electrons. The summed E-state index contributed by atoms with van der Waals surface area (Å²) >= 11 is 0. The van der Waals surface area contributed by atoms with Gasteiger partial charge in [0.1, 0.15) is 24.4 Å². The number of aliphatic hydroxyl groups excluding tert-OH is 4. The molecule has 11 nitrogen and oxygen atoms in total. The van der Waals surface area contributed by atoms with E-state index in [0.29, 0.717) is 0 Å². The van der Waals surface area contributed by atoms with Crippen LogP contribution in [0, 0.1) is 0 Å². The molecule has 7 N–H and O–H groups in total. The highest BCUT2D eigenvalue weighted by atomic mass is 16.7. The highest BCUT2D eigenvalue weighted by Gasteiger charge is 2.71. The summed E-state index contributed by atoms with van der Waals surface area (Å²) in [6.07, 6.45) is -7.56. The molecule has 1 aliphatic rings. The zero-order chi connectivity index (χ0) is 22.0. The van der Waals surface area contributed by atoms with Crippen molar-refractivity contribution >= 4 is 11.9 Å². The average molecular weight is 415 g/mol. The highest BCUT2D eigenvalue weighted by Crippen LogP contribution is 2.47. The molecule has 0 aromatic heterocycles. The third-order valence-electron chi connectivity index (χ3n) is 5.02. The Hall–Kier alpha value is -2.12. The van der Waals surface area contributed by atoms with Crippen LogP contribution in [0.1, 0.15) is 12.5 Å². The quantitative estimate of drug-likeness (QED) is 0.247. The molecule has 1 fully saturated rings. The Kier molecular flexibility index (Phi) is 6.96. The van der Waals surface area contributed by atoms with Crippen LogP contribution in [0.5, 0.6) is 0 Å². The van der Waals surface area contributed by atoms with Crippen molar-refractivity contribution in [2.75, 3.05) is 13.7 Å². The molecule has 0 saturated carbocycles. The molecule has 1 aliphatic heterocycles. The molecular formula is C18H25NO10. The van der Waals surface area contributed by atoms with Crippen molar-refractivity contribution in [2.24, 2.45) is 0 Å². The minimum atomic E-state index is -3.24. The maximum atomic E-state index is 12.1. The largest absolute Gasteiger partial charge is 0.477 e. The second kappa shape index (κ2) is 8.71. The van der Waals surface area contributed by atoms with Crippen LogP contribution in [0.25, 0.3) is 0 Å². The Bertz CT molecular complexity index is 731. The van der Waals surface area contributed by atoms with E-state index in [4.69, 9.17) is 14.6 Å². The molecule has 29 heavy (non-hydrogen) atoms. The summed E-state index contributed by atoms with van der Waals surface area (Å²) in [5.74, 6) is -5.86. The monoisotopic (exact) mass is 415 g/mol. The van der Waals surface area contributed by atoms with Gasteiger partial charge in [-0.1, -0.05) is 30.3 Å². The molecule has 2 rings (SSSR count). The van der Waals surface area contributed by atoms with Crippen LogP contribution in [-0.4, -0.2) is 92.5 Å². The predicted molar refractivity (Wildman–Crippen MR) is 95.3 cm³/mol. The van der Waals surface area contributed by atoms with Gasteiger partial charge in [0.15, 0.2) is 5.60 Å². The number of benzene rings is 1. The molecule has 1 unspecified atom stereocenters. The topological polar surface area (TPSA) is 186 Å². The number of carbonyl (C=O) groups excluding carboxylic acids is 1. The van der Waals surface area contributed by atoms with Gasteiger partial charge in [0.05, 0.1) is 12.6 Å². The van der Waals surface area contributed by atoms with Crippen molar-refractivity contribution in [3.05, 3.63) is 35.9 Å². The van der Waals surface area contributed by atoms with E-state index in [9.17, 15) is 35.1 Å². The van der Waals surface area contributed by atoms with Crippen LogP contribution in [0.3, 0.4) is 0 Å². The van der Waals surface area contributed by atoms with Crippen LogP contribution in [0.15, 0.2) is 30.3 Å². The summed E-state index contributed by atoms with van der Waals surface area (Å²) in [6, 6.07) is 5.87. The van der Waals surface area contributed by atoms with E-state index in [-0.39, 0.29) is 5.56 Å². The van der Waals surface area contributed by atoms with Crippen LogP contribution in [0.4, 0.5) is 0 Å². The van der Waals surface area contributed by atoms with Gasteiger partial charge in [0.25, 0.3) is 0 Å². The molecular weight excluding hydrogens is 390 g/mol. The van der Waals surface area contributed by atoms with E-state index in [1.165, 1.54) is 24.3 Å².